The van der Waals surface area contributed by atoms with Crippen LogP contribution in [-0.4, -0.2) is 27.3 Å². The summed E-state index contributed by atoms with van der Waals surface area (Å²) < 4.78 is 0. The van der Waals surface area contributed by atoms with E-state index in [2.05, 4.69) is 26.5 Å². The second-order valence-electron chi connectivity index (χ2n) is 5.99. The standard InChI is InChI=1S/C18H18N6O2/c1-11(25)18(26)20-13-4-2-3-12(9-13)17-15-10-14(24-8-7-19-23-24)5-6-16(15)21-22-17/h2-11,19,23,25H,1H3,(H,20,26)(H,21,22). The number of aromatic amines is 1. The van der Waals surface area contributed by atoms with E-state index in [9.17, 15) is 9.90 Å². The van der Waals surface area contributed by atoms with Crippen molar-refractivity contribution in [1.82, 2.24) is 21.2 Å². The third kappa shape index (κ3) is 2.99. The normalized spacial score (nSPS) is 14.5. The van der Waals surface area contributed by atoms with Crippen LogP contribution in [-0.2, 0) is 4.79 Å². The number of aromatic nitrogens is 2. The Labute approximate surface area is 149 Å². The largest absolute Gasteiger partial charge is 0.384 e. The number of carbonyl (C=O) groups excluding carboxylic acids is 1. The molecule has 1 aliphatic heterocycles. The zero-order chi connectivity index (χ0) is 18.1. The van der Waals surface area contributed by atoms with Gasteiger partial charge in [0.2, 0.25) is 0 Å². The zero-order valence-corrected chi connectivity index (χ0v) is 14.0. The molecule has 1 unspecified atom stereocenters. The van der Waals surface area contributed by atoms with Crippen LogP contribution in [0, 0.1) is 0 Å². The Kier molecular flexibility index (Phi) is 4.04. The van der Waals surface area contributed by atoms with E-state index in [0.29, 0.717) is 5.69 Å². The van der Waals surface area contributed by atoms with Crippen LogP contribution in [0.4, 0.5) is 11.4 Å². The van der Waals surface area contributed by atoms with Gasteiger partial charge in [-0.05, 0) is 37.3 Å². The predicted octanol–water partition coefficient (Wildman–Crippen LogP) is 1.85. The highest BCUT2D eigenvalue weighted by atomic mass is 16.3. The minimum atomic E-state index is -1.07. The molecular weight excluding hydrogens is 332 g/mol. The van der Waals surface area contributed by atoms with Crippen molar-refractivity contribution in [2.75, 3.05) is 10.3 Å². The number of aliphatic hydroxyl groups excluding tert-OH is 1. The quantitative estimate of drug-likeness (QED) is 0.492. The van der Waals surface area contributed by atoms with Crippen molar-refractivity contribution in [3.8, 4) is 11.3 Å². The highest BCUT2D eigenvalue weighted by Crippen LogP contribution is 2.31. The predicted molar refractivity (Wildman–Crippen MR) is 99.7 cm³/mol. The summed E-state index contributed by atoms with van der Waals surface area (Å²) in [4.78, 5) is 11.7. The van der Waals surface area contributed by atoms with Gasteiger partial charge in [-0.25, -0.2) is 0 Å². The zero-order valence-electron chi connectivity index (χ0n) is 14.0. The molecule has 1 amide bonds. The third-order valence-electron chi connectivity index (χ3n) is 4.10. The van der Waals surface area contributed by atoms with Gasteiger partial charge in [-0.3, -0.25) is 14.9 Å². The number of amides is 1. The number of nitrogens with zero attached hydrogens (tertiary/aromatic N) is 2. The molecule has 0 bridgehead atoms. The molecular formula is C18H18N6O2. The number of aliphatic hydroxyl groups is 1. The molecule has 132 valence electrons. The number of hydrogen-bond acceptors (Lipinski definition) is 6. The Hall–Kier alpha value is -3.36. The Balaban J connectivity index is 1.71. The Morgan fingerprint density at radius 3 is 2.92 bits per heavy atom. The summed E-state index contributed by atoms with van der Waals surface area (Å²) in [5.41, 5.74) is 10.0. The van der Waals surface area contributed by atoms with Gasteiger partial charge in [-0.1, -0.05) is 12.1 Å². The molecule has 26 heavy (non-hydrogen) atoms. The second kappa shape index (κ2) is 6.51. The highest BCUT2D eigenvalue weighted by Gasteiger charge is 2.14. The summed E-state index contributed by atoms with van der Waals surface area (Å²) >= 11 is 0. The van der Waals surface area contributed by atoms with Gasteiger partial charge in [-0.15, -0.1) is 5.53 Å². The summed E-state index contributed by atoms with van der Waals surface area (Å²) in [5.74, 6) is -0.448. The lowest BCUT2D eigenvalue weighted by Crippen LogP contribution is -2.35. The maximum atomic E-state index is 11.7. The molecule has 5 N–H and O–H groups in total. The lowest BCUT2D eigenvalue weighted by Gasteiger charge is -2.15. The van der Waals surface area contributed by atoms with Gasteiger partial charge in [-0.2, -0.15) is 5.10 Å². The first-order valence-corrected chi connectivity index (χ1v) is 8.16. The van der Waals surface area contributed by atoms with Gasteiger partial charge in [0.25, 0.3) is 5.91 Å². The minimum Gasteiger partial charge on any atom is -0.384 e. The first-order valence-electron chi connectivity index (χ1n) is 8.16. The molecule has 0 saturated carbocycles. The average Bonchev–Trinajstić information content (AvgIpc) is 3.31. The minimum absolute atomic E-state index is 0.448. The van der Waals surface area contributed by atoms with Gasteiger partial charge >= 0.3 is 0 Å². The van der Waals surface area contributed by atoms with E-state index in [1.54, 1.807) is 12.3 Å². The van der Waals surface area contributed by atoms with E-state index in [1.807, 2.05) is 47.6 Å². The van der Waals surface area contributed by atoms with E-state index in [-0.39, 0.29) is 0 Å². The van der Waals surface area contributed by atoms with Crippen LogP contribution >= 0.6 is 0 Å². The Morgan fingerprint density at radius 2 is 2.15 bits per heavy atom. The Morgan fingerprint density at radius 1 is 1.27 bits per heavy atom. The lowest BCUT2D eigenvalue weighted by atomic mass is 10.1. The summed E-state index contributed by atoms with van der Waals surface area (Å²) in [6, 6.07) is 13.3. The lowest BCUT2D eigenvalue weighted by molar-refractivity contribution is -0.123. The molecule has 0 saturated heterocycles. The van der Waals surface area contributed by atoms with Crippen LogP contribution in [0.5, 0.6) is 0 Å². The van der Waals surface area contributed by atoms with Crippen molar-refractivity contribution >= 4 is 28.2 Å². The summed E-state index contributed by atoms with van der Waals surface area (Å²) in [5, 5.41) is 22.3. The first kappa shape index (κ1) is 16.1. The number of nitrogens with one attached hydrogen (secondary N) is 4. The van der Waals surface area contributed by atoms with Crippen LogP contribution in [0.3, 0.4) is 0 Å². The van der Waals surface area contributed by atoms with Crippen molar-refractivity contribution in [2.45, 2.75) is 13.0 Å². The number of rotatable bonds is 4. The molecule has 3 aromatic rings. The van der Waals surface area contributed by atoms with E-state index in [0.717, 1.165) is 27.8 Å². The van der Waals surface area contributed by atoms with Crippen LogP contribution < -0.4 is 21.3 Å². The fourth-order valence-corrected chi connectivity index (χ4v) is 2.77. The molecule has 1 atom stereocenters. The van der Waals surface area contributed by atoms with Crippen molar-refractivity contribution in [3.05, 3.63) is 54.9 Å². The molecule has 1 aromatic heterocycles. The van der Waals surface area contributed by atoms with Gasteiger partial charge in [0.15, 0.2) is 0 Å². The van der Waals surface area contributed by atoms with E-state index in [4.69, 9.17) is 0 Å². The maximum absolute atomic E-state index is 11.7. The third-order valence-corrected chi connectivity index (χ3v) is 4.10. The maximum Gasteiger partial charge on any atom is 0.252 e. The fourth-order valence-electron chi connectivity index (χ4n) is 2.77. The number of hydrazine groups is 2. The molecule has 2 heterocycles. The summed E-state index contributed by atoms with van der Waals surface area (Å²) in [7, 11) is 0. The topological polar surface area (TPSA) is 105 Å². The number of fused-ring (bicyclic) bond motifs is 1. The van der Waals surface area contributed by atoms with Crippen molar-refractivity contribution in [2.24, 2.45) is 0 Å². The Bertz CT molecular complexity index is 994. The van der Waals surface area contributed by atoms with Crippen LogP contribution in [0.15, 0.2) is 54.9 Å². The number of H-pyrrole nitrogens is 1. The number of benzene rings is 2. The number of anilines is 2. The molecule has 1 aliphatic rings. The van der Waals surface area contributed by atoms with Crippen LogP contribution in [0.25, 0.3) is 22.2 Å². The molecule has 8 heteroatoms. The summed E-state index contributed by atoms with van der Waals surface area (Å²) in [6.45, 7) is 1.43. The smallest absolute Gasteiger partial charge is 0.252 e. The average molecular weight is 350 g/mol. The molecule has 0 aliphatic carbocycles. The SMILES string of the molecule is CC(O)C(=O)Nc1cccc(-c2n[nH]c3ccc(N4C=CNN4)cc23)c1. The highest BCUT2D eigenvalue weighted by molar-refractivity contribution is 5.97. The molecule has 0 fully saturated rings. The second-order valence-corrected chi connectivity index (χ2v) is 5.99. The van der Waals surface area contributed by atoms with Gasteiger partial charge in [0, 0.05) is 29.0 Å². The molecule has 0 spiro atoms. The van der Waals surface area contributed by atoms with Crippen molar-refractivity contribution in [1.29, 1.82) is 0 Å². The van der Waals surface area contributed by atoms with Gasteiger partial charge < -0.3 is 15.8 Å². The van der Waals surface area contributed by atoms with Crippen LogP contribution in [0.1, 0.15) is 6.92 Å². The fraction of sp³-hybridized carbons (Fsp3) is 0.111. The van der Waals surface area contributed by atoms with Gasteiger partial charge in [0.05, 0.1) is 11.2 Å². The van der Waals surface area contributed by atoms with Gasteiger partial charge in [0.1, 0.15) is 11.8 Å². The number of hydrogen-bond donors (Lipinski definition) is 5. The monoisotopic (exact) mass is 350 g/mol. The van der Waals surface area contributed by atoms with E-state index < -0.39 is 12.0 Å². The van der Waals surface area contributed by atoms with Crippen molar-refractivity contribution < 1.29 is 9.90 Å². The van der Waals surface area contributed by atoms with E-state index in [1.165, 1.54) is 6.92 Å². The first-order chi connectivity index (χ1) is 12.6. The number of carbonyl (C=O) groups is 1. The van der Waals surface area contributed by atoms with Crippen LogP contribution in [0.2, 0.25) is 0 Å². The van der Waals surface area contributed by atoms with E-state index >= 15 is 0 Å². The molecule has 2 aromatic carbocycles. The van der Waals surface area contributed by atoms with Crippen molar-refractivity contribution in [3.63, 3.8) is 0 Å². The molecule has 0 radical (unpaired) electrons. The summed E-state index contributed by atoms with van der Waals surface area (Å²) in [6.07, 6.45) is 2.61. The molecule has 4 rings (SSSR count). The molecule has 8 nitrogen and oxygen atoms in total.